The van der Waals surface area contributed by atoms with Gasteiger partial charge in [-0.05, 0) is 29.7 Å². The summed E-state index contributed by atoms with van der Waals surface area (Å²) < 4.78 is 0. The molecular weight excluding hydrogens is 274 g/mol. The molecule has 2 rings (SSSR count). The molecule has 0 radical (unpaired) electrons. The van der Waals surface area contributed by atoms with E-state index in [-0.39, 0.29) is 18.9 Å². The van der Waals surface area contributed by atoms with Gasteiger partial charge in [0.05, 0.1) is 6.54 Å². The number of benzene rings is 2. The van der Waals surface area contributed by atoms with E-state index < -0.39 is 0 Å². The summed E-state index contributed by atoms with van der Waals surface area (Å²) in [5.74, 6) is -0.288. The molecule has 0 aliphatic rings. The van der Waals surface area contributed by atoms with Crippen molar-refractivity contribution in [1.29, 1.82) is 0 Å². The van der Waals surface area contributed by atoms with Crippen molar-refractivity contribution in [3.63, 3.8) is 0 Å². The summed E-state index contributed by atoms with van der Waals surface area (Å²) in [4.78, 5) is 11.8. The van der Waals surface area contributed by atoms with E-state index in [4.69, 9.17) is 11.6 Å². The van der Waals surface area contributed by atoms with Crippen LogP contribution in [0.3, 0.4) is 0 Å². The summed E-state index contributed by atoms with van der Waals surface area (Å²) in [5, 5.41) is 11.2. The summed E-state index contributed by atoms with van der Waals surface area (Å²) in [6.07, 6.45) is 0.854. The van der Waals surface area contributed by atoms with E-state index in [9.17, 15) is 10.0 Å². The molecule has 0 aliphatic carbocycles. The van der Waals surface area contributed by atoms with Gasteiger partial charge in [-0.2, -0.15) is 0 Å². The van der Waals surface area contributed by atoms with Crippen LogP contribution in [0.1, 0.15) is 17.5 Å². The molecular formula is C16H16ClNO2. The molecule has 0 fully saturated rings. The zero-order valence-corrected chi connectivity index (χ0v) is 11.8. The summed E-state index contributed by atoms with van der Waals surface area (Å²) in [6.45, 7) is 0.209. The minimum atomic E-state index is -0.288. The third-order valence-electron chi connectivity index (χ3n) is 3.00. The summed E-state index contributed by atoms with van der Waals surface area (Å²) >= 11 is 5.80. The highest BCUT2D eigenvalue weighted by atomic mass is 35.5. The summed E-state index contributed by atoms with van der Waals surface area (Å²) in [5.41, 5.74) is 1.92. The van der Waals surface area contributed by atoms with Crippen LogP contribution in [0.4, 0.5) is 0 Å². The minimum absolute atomic E-state index is 0.209. The zero-order chi connectivity index (χ0) is 14.4. The van der Waals surface area contributed by atoms with Crippen LogP contribution in [0.15, 0.2) is 54.6 Å². The topological polar surface area (TPSA) is 40.5 Å². The minimum Gasteiger partial charge on any atom is -0.286 e. The van der Waals surface area contributed by atoms with Gasteiger partial charge in [-0.1, -0.05) is 54.1 Å². The predicted molar refractivity (Wildman–Crippen MR) is 78.6 cm³/mol. The normalized spacial score (nSPS) is 10.3. The molecule has 2 aromatic rings. The second-order valence-corrected chi connectivity index (χ2v) is 5.00. The van der Waals surface area contributed by atoms with Gasteiger partial charge in [0.2, 0.25) is 5.91 Å². The number of hydrogen-bond acceptors (Lipinski definition) is 2. The first-order valence-electron chi connectivity index (χ1n) is 6.43. The Morgan fingerprint density at radius 3 is 2.30 bits per heavy atom. The van der Waals surface area contributed by atoms with Gasteiger partial charge in [0.15, 0.2) is 0 Å². The average molecular weight is 290 g/mol. The van der Waals surface area contributed by atoms with E-state index in [1.54, 1.807) is 12.1 Å². The Labute approximate surface area is 123 Å². The molecule has 104 valence electrons. The molecule has 1 N–H and O–H groups in total. The molecule has 2 aromatic carbocycles. The highest BCUT2D eigenvalue weighted by Gasteiger charge is 2.11. The van der Waals surface area contributed by atoms with Crippen LogP contribution in [-0.2, 0) is 17.8 Å². The lowest BCUT2D eigenvalue weighted by molar-refractivity contribution is -0.167. The van der Waals surface area contributed by atoms with E-state index in [2.05, 4.69) is 0 Å². The van der Waals surface area contributed by atoms with Crippen molar-refractivity contribution >= 4 is 17.5 Å². The third kappa shape index (κ3) is 4.37. The van der Waals surface area contributed by atoms with Crippen LogP contribution in [0.5, 0.6) is 0 Å². The van der Waals surface area contributed by atoms with E-state index in [1.165, 1.54) is 0 Å². The Morgan fingerprint density at radius 1 is 1.00 bits per heavy atom. The van der Waals surface area contributed by atoms with Gasteiger partial charge in [0.1, 0.15) is 0 Å². The number of aryl methyl sites for hydroxylation is 1. The zero-order valence-electron chi connectivity index (χ0n) is 11.0. The van der Waals surface area contributed by atoms with Crippen LogP contribution in [-0.4, -0.2) is 16.2 Å². The van der Waals surface area contributed by atoms with E-state index >= 15 is 0 Å². The van der Waals surface area contributed by atoms with Crippen molar-refractivity contribution in [3.8, 4) is 0 Å². The SMILES string of the molecule is O=C(CCc1ccc(Cl)cc1)N(O)Cc1ccccc1. The maximum absolute atomic E-state index is 11.8. The van der Waals surface area contributed by atoms with Gasteiger partial charge in [-0.15, -0.1) is 0 Å². The molecule has 0 bridgehead atoms. The Kier molecular flexibility index (Phi) is 5.16. The smallest absolute Gasteiger partial charge is 0.246 e. The molecule has 0 saturated heterocycles. The van der Waals surface area contributed by atoms with Gasteiger partial charge in [-0.25, -0.2) is 5.06 Å². The quantitative estimate of drug-likeness (QED) is 0.673. The number of rotatable bonds is 5. The first-order valence-corrected chi connectivity index (χ1v) is 6.80. The van der Waals surface area contributed by atoms with Gasteiger partial charge >= 0.3 is 0 Å². The van der Waals surface area contributed by atoms with Crippen LogP contribution >= 0.6 is 11.6 Å². The van der Waals surface area contributed by atoms with Crippen molar-refractivity contribution in [1.82, 2.24) is 5.06 Å². The molecule has 0 unspecified atom stereocenters. The molecule has 0 heterocycles. The molecule has 1 amide bonds. The maximum Gasteiger partial charge on any atom is 0.246 e. The molecule has 0 spiro atoms. The lowest BCUT2D eigenvalue weighted by atomic mass is 10.1. The van der Waals surface area contributed by atoms with Crippen LogP contribution < -0.4 is 0 Å². The Balaban J connectivity index is 1.83. The Morgan fingerprint density at radius 2 is 1.65 bits per heavy atom. The van der Waals surface area contributed by atoms with Gasteiger partial charge in [-0.3, -0.25) is 10.0 Å². The largest absolute Gasteiger partial charge is 0.286 e. The Hall–Kier alpha value is -1.84. The first-order chi connectivity index (χ1) is 9.65. The van der Waals surface area contributed by atoms with Gasteiger partial charge in [0, 0.05) is 11.4 Å². The number of carbonyl (C=O) groups excluding carboxylic acids is 1. The fraction of sp³-hybridized carbons (Fsp3) is 0.188. The van der Waals surface area contributed by atoms with Crippen molar-refractivity contribution in [3.05, 3.63) is 70.7 Å². The molecule has 3 nitrogen and oxygen atoms in total. The lowest BCUT2D eigenvalue weighted by Crippen LogP contribution is -2.27. The van der Waals surface area contributed by atoms with Crippen molar-refractivity contribution in [2.75, 3.05) is 0 Å². The number of halogens is 1. The van der Waals surface area contributed by atoms with Crippen LogP contribution in [0.2, 0.25) is 5.02 Å². The highest BCUT2D eigenvalue weighted by Crippen LogP contribution is 2.12. The molecule has 0 aliphatic heterocycles. The molecule has 0 saturated carbocycles. The molecule has 20 heavy (non-hydrogen) atoms. The van der Waals surface area contributed by atoms with Crippen LogP contribution in [0.25, 0.3) is 0 Å². The first kappa shape index (κ1) is 14.6. The second-order valence-electron chi connectivity index (χ2n) is 4.56. The number of amides is 1. The van der Waals surface area contributed by atoms with Gasteiger partial charge < -0.3 is 0 Å². The number of nitrogens with zero attached hydrogens (tertiary/aromatic N) is 1. The van der Waals surface area contributed by atoms with Crippen molar-refractivity contribution in [2.24, 2.45) is 0 Å². The predicted octanol–water partition coefficient (Wildman–Crippen LogP) is 3.69. The van der Waals surface area contributed by atoms with E-state index in [0.29, 0.717) is 11.4 Å². The molecule has 0 atom stereocenters. The number of hydroxylamine groups is 2. The number of hydrogen-bond donors (Lipinski definition) is 1. The van der Waals surface area contributed by atoms with E-state index in [0.717, 1.165) is 16.2 Å². The highest BCUT2D eigenvalue weighted by molar-refractivity contribution is 6.30. The fourth-order valence-corrected chi connectivity index (χ4v) is 2.00. The molecule has 0 aromatic heterocycles. The average Bonchev–Trinajstić information content (AvgIpc) is 2.47. The fourth-order valence-electron chi connectivity index (χ4n) is 1.88. The monoisotopic (exact) mass is 289 g/mol. The van der Waals surface area contributed by atoms with Gasteiger partial charge in [0.25, 0.3) is 0 Å². The van der Waals surface area contributed by atoms with Crippen LogP contribution in [0, 0.1) is 0 Å². The second kappa shape index (κ2) is 7.08. The lowest BCUT2D eigenvalue weighted by Gasteiger charge is -2.15. The molecule has 4 heteroatoms. The number of carbonyl (C=O) groups is 1. The Bertz CT molecular complexity index is 554. The van der Waals surface area contributed by atoms with Crippen molar-refractivity contribution in [2.45, 2.75) is 19.4 Å². The standard InChI is InChI=1S/C16H16ClNO2/c17-15-9-6-13(7-10-15)8-11-16(19)18(20)12-14-4-2-1-3-5-14/h1-7,9-10,20H,8,11-12H2. The summed E-state index contributed by atoms with van der Waals surface area (Å²) in [6, 6.07) is 16.7. The summed E-state index contributed by atoms with van der Waals surface area (Å²) in [7, 11) is 0. The maximum atomic E-state index is 11.8. The van der Waals surface area contributed by atoms with Crippen molar-refractivity contribution < 1.29 is 10.0 Å². The third-order valence-corrected chi connectivity index (χ3v) is 3.26. The van der Waals surface area contributed by atoms with E-state index in [1.807, 2.05) is 42.5 Å².